The monoisotopic (exact) mass is 326 g/mol. The Bertz CT molecular complexity index is 659. The number of nitrogen functional groups attached to an aromatic ring is 1. The lowest BCUT2D eigenvalue weighted by atomic mass is 10.0. The van der Waals surface area contributed by atoms with Gasteiger partial charge in [-0.25, -0.2) is 0 Å². The number of carbonyl (C=O) groups is 1. The lowest BCUT2D eigenvalue weighted by Crippen LogP contribution is -2.40. The number of para-hydroxylation sites is 1. The second-order valence-corrected chi connectivity index (χ2v) is 6.94. The van der Waals surface area contributed by atoms with Crippen LogP contribution >= 0.6 is 11.8 Å². The van der Waals surface area contributed by atoms with Crippen LogP contribution in [-0.4, -0.2) is 28.9 Å². The zero-order valence-corrected chi connectivity index (χ0v) is 14.0. The third kappa shape index (κ3) is 3.88. The van der Waals surface area contributed by atoms with E-state index in [1.165, 1.54) is 5.56 Å². The molecule has 1 fully saturated rings. The van der Waals surface area contributed by atoms with Crippen molar-refractivity contribution in [1.82, 2.24) is 4.90 Å². The van der Waals surface area contributed by atoms with Crippen molar-refractivity contribution in [3.05, 3.63) is 65.7 Å². The molecule has 3 nitrogen and oxygen atoms in total. The minimum Gasteiger partial charge on any atom is -0.399 e. The molecule has 0 spiro atoms. The molecule has 1 atom stereocenters. The van der Waals surface area contributed by atoms with E-state index in [9.17, 15) is 4.79 Å². The van der Waals surface area contributed by atoms with Gasteiger partial charge in [0.2, 0.25) is 5.91 Å². The zero-order chi connectivity index (χ0) is 16.1. The number of nitrogens with two attached hydrogens (primary N) is 1. The van der Waals surface area contributed by atoms with Gasteiger partial charge < -0.3 is 10.6 Å². The fraction of sp³-hybridized carbons (Fsp3) is 0.316. The number of benzene rings is 2. The summed E-state index contributed by atoms with van der Waals surface area (Å²) in [4.78, 5) is 14.8. The Morgan fingerprint density at radius 1 is 1.13 bits per heavy atom. The van der Waals surface area contributed by atoms with Gasteiger partial charge in [0.15, 0.2) is 0 Å². The van der Waals surface area contributed by atoms with Crippen LogP contribution in [0, 0.1) is 0 Å². The first-order valence-electron chi connectivity index (χ1n) is 8.01. The van der Waals surface area contributed by atoms with Crippen molar-refractivity contribution in [3.8, 4) is 0 Å². The molecule has 3 rings (SSSR count). The van der Waals surface area contributed by atoms with Crippen LogP contribution in [0.2, 0.25) is 0 Å². The lowest BCUT2D eigenvalue weighted by Gasteiger charge is -2.36. The Balaban J connectivity index is 1.68. The number of hydrogen-bond acceptors (Lipinski definition) is 3. The van der Waals surface area contributed by atoms with Crippen LogP contribution in [-0.2, 0) is 11.2 Å². The van der Waals surface area contributed by atoms with Crippen molar-refractivity contribution in [2.24, 2.45) is 0 Å². The van der Waals surface area contributed by atoms with E-state index in [0.29, 0.717) is 12.8 Å². The van der Waals surface area contributed by atoms with E-state index in [0.717, 1.165) is 29.3 Å². The van der Waals surface area contributed by atoms with Crippen LogP contribution in [0.5, 0.6) is 0 Å². The maximum atomic E-state index is 12.7. The van der Waals surface area contributed by atoms with Crippen LogP contribution in [0.4, 0.5) is 5.69 Å². The molecule has 0 aromatic heterocycles. The third-order valence-electron chi connectivity index (χ3n) is 4.30. The predicted octanol–water partition coefficient (Wildman–Crippen LogP) is 3.52. The van der Waals surface area contributed by atoms with Crippen molar-refractivity contribution in [2.45, 2.75) is 18.9 Å². The molecular formula is C19H22N2OS. The van der Waals surface area contributed by atoms with E-state index in [-0.39, 0.29) is 11.9 Å². The molecule has 2 aromatic carbocycles. The number of nitrogens with zero attached hydrogens (tertiary/aromatic N) is 1. The minimum atomic E-state index is 0.190. The third-order valence-corrected chi connectivity index (χ3v) is 5.32. The van der Waals surface area contributed by atoms with Crippen LogP contribution in [0.1, 0.15) is 23.6 Å². The summed E-state index contributed by atoms with van der Waals surface area (Å²) in [5.41, 5.74) is 9.04. The van der Waals surface area contributed by atoms with Gasteiger partial charge >= 0.3 is 0 Å². The fourth-order valence-electron chi connectivity index (χ4n) is 3.00. The lowest BCUT2D eigenvalue weighted by molar-refractivity contribution is -0.133. The Morgan fingerprint density at radius 3 is 2.65 bits per heavy atom. The van der Waals surface area contributed by atoms with Gasteiger partial charge in [-0.3, -0.25) is 4.79 Å². The number of aryl methyl sites for hydroxylation is 1. The molecule has 1 saturated heterocycles. The maximum Gasteiger partial charge on any atom is 0.223 e. The summed E-state index contributed by atoms with van der Waals surface area (Å²) in [6, 6.07) is 18.3. The van der Waals surface area contributed by atoms with Gasteiger partial charge in [0.25, 0.3) is 0 Å². The van der Waals surface area contributed by atoms with Gasteiger partial charge in [0.05, 0.1) is 6.04 Å². The first-order chi connectivity index (χ1) is 11.3. The highest BCUT2D eigenvalue weighted by Gasteiger charge is 2.27. The molecule has 120 valence electrons. The van der Waals surface area contributed by atoms with Crippen molar-refractivity contribution in [1.29, 1.82) is 0 Å². The van der Waals surface area contributed by atoms with Crippen LogP contribution < -0.4 is 5.73 Å². The predicted molar refractivity (Wildman–Crippen MR) is 97.4 cm³/mol. The topological polar surface area (TPSA) is 46.3 Å². The molecule has 0 saturated carbocycles. The zero-order valence-electron chi connectivity index (χ0n) is 13.2. The van der Waals surface area contributed by atoms with Crippen LogP contribution in [0.15, 0.2) is 54.6 Å². The molecule has 2 N–H and O–H groups in total. The van der Waals surface area contributed by atoms with Crippen molar-refractivity contribution in [2.75, 3.05) is 23.8 Å². The maximum absolute atomic E-state index is 12.7. The van der Waals surface area contributed by atoms with Crippen LogP contribution in [0.3, 0.4) is 0 Å². The second kappa shape index (κ2) is 7.55. The number of carbonyl (C=O) groups excluding carboxylic acids is 1. The van der Waals surface area contributed by atoms with Crippen LogP contribution in [0.25, 0.3) is 0 Å². The minimum absolute atomic E-state index is 0.190. The first kappa shape index (κ1) is 15.9. The van der Waals surface area contributed by atoms with Gasteiger partial charge in [-0.05, 0) is 23.6 Å². The number of rotatable bonds is 4. The molecule has 0 aliphatic carbocycles. The molecule has 1 amide bonds. The van der Waals surface area contributed by atoms with Crippen molar-refractivity contribution >= 4 is 23.4 Å². The average molecular weight is 326 g/mol. The normalized spacial score (nSPS) is 17.9. The summed E-state index contributed by atoms with van der Waals surface area (Å²) in [6.45, 7) is 0.827. The van der Waals surface area contributed by atoms with Crippen molar-refractivity contribution in [3.63, 3.8) is 0 Å². The molecule has 0 radical (unpaired) electrons. The highest BCUT2D eigenvalue weighted by molar-refractivity contribution is 7.99. The van der Waals surface area contributed by atoms with Gasteiger partial charge in [0, 0.05) is 30.2 Å². The summed E-state index contributed by atoms with van der Waals surface area (Å²) in [5, 5.41) is 0. The number of hydrogen-bond donors (Lipinski definition) is 1. The highest BCUT2D eigenvalue weighted by Crippen LogP contribution is 2.30. The number of amides is 1. The van der Waals surface area contributed by atoms with Crippen molar-refractivity contribution < 1.29 is 4.79 Å². The quantitative estimate of drug-likeness (QED) is 0.875. The molecular weight excluding hydrogens is 304 g/mol. The van der Waals surface area contributed by atoms with E-state index in [4.69, 9.17) is 5.73 Å². The fourth-order valence-corrected chi connectivity index (χ4v) is 4.09. The molecule has 4 heteroatoms. The van der Waals surface area contributed by atoms with E-state index in [1.807, 2.05) is 59.1 Å². The smallest absolute Gasteiger partial charge is 0.223 e. The summed E-state index contributed by atoms with van der Waals surface area (Å²) >= 11 is 1.92. The van der Waals surface area contributed by atoms with E-state index >= 15 is 0 Å². The SMILES string of the molecule is Nc1ccccc1CCC(=O)N1CCSCC1c1ccccc1. The molecule has 1 aliphatic heterocycles. The van der Waals surface area contributed by atoms with E-state index in [2.05, 4.69) is 12.1 Å². The van der Waals surface area contributed by atoms with E-state index in [1.54, 1.807) is 0 Å². The summed E-state index contributed by atoms with van der Waals surface area (Å²) in [5.74, 6) is 2.22. The summed E-state index contributed by atoms with van der Waals surface area (Å²) in [6.07, 6.45) is 1.22. The first-order valence-corrected chi connectivity index (χ1v) is 9.16. The molecule has 1 unspecified atom stereocenters. The van der Waals surface area contributed by atoms with Gasteiger partial charge in [-0.1, -0.05) is 48.5 Å². The Kier molecular flexibility index (Phi) is 5.23. The Hall–Kier alpha value is -1.94. The number of anilines is 1. The van der Waals surface area contributed by atoms with Gasteiger partial charge in [0.1, 0.15) is 0 Å². The van der Waals surface area contributed by atoms with Gasteiger partial charge in [-0.15, -0.1) is 0 Å². The second-order valence-electron chi connectivity index (χ2n) is 5.79. The largest absolute Gasteiger partial charge is 0.399 e. The Labute approximate surface area is 141 Å². The van der Waals surface area contributed by atoms with E-state index < -0.39 is 0 Å². The molecule has 1 heterocycles. The summed E-state index contributed by atoms with van der Waals surface area (Å²) in [7, 11) is 0. The molecule has 0 bridgehead atoms. The molecule has 2 aromatic rings. The summed E-state index contributed by atoms with van der Waals surface area (Å²) < 4.78 is 0. The Morgan fingerprint density at radius 2 is 1.87 bits per heavy atom. The molecule has 1 aliphatic rings. The standard InChI is InChI=1S/C19H22N2OS/c20-17-9-5-4-6-15(17)10-11-19(22)21-12-13-23-14-18(21)16-7-2-1-3-8-16/h1-9,18H,10-14,20H2. The molecule has 23 heavy (non-hydrogen) atoms. The average Bonchev–Trinajstić information content (AvgIpc) is 2.61. The van der Waals surface area contributed by atoms with Gasteiger partial charge in [-0.2, -0.15) is 11.8 Å². The number of thioether (sulfide) groups is 1. The highest BCUT2D eigenvalue weighted by atomic mass is 32.2.